The molecule has 6 nitrogen and oxygen atoms in total. The van der Waals surface area contributed by atoms with Crippen molar-refractivity contribution >= 4 is 23.3 Å². The molecular weight excluding hydrogens is 234 g/mol. The van der Waals surface area contributed by atoms with E-state index in [1.807, 2.05) is 0 Å². The Hall–Kier alpha value is -2.24. The lowest BCUT2D eigenvalue weighted by Crippen LogP contribution is -2.31. The summed E-state index contributed by atoms with van der Waals surface area (Å²) in [4.78, 5) is 24.3. The van der Waals surface area contributed by atoms with E-state index in [1.165, 1.54) is 6.07 Å². The van der Waals surface area contributed by atoms with Gasteiger partial charge in [0, 0.05) is 13.6 Å². The molecule has 1 aliphatic rings. The summed E-state index contributed by atoms with van der Waals surface area (Å²) >= 11 is 0. The summed E-state index contributed by atoms with van der Waals surface area (Å²) in [5, 5.41) is 12.0. The molecule has 1 saturated heterocycles. The SMILES string of the molecule is CN1CCC(Nc2cccc(C(=O)O)c2N)C1=O. The van der Waals surface area contributed by atoms with Crippen LogP contribution in [-0.4, -0.2) is 41.5 Å². The number of amides is 1. The lowest BCUT2D eigenvalue weighted by Gasteiger charge is -2.16. The molecule has 1 aromatic carbocycles. The number of carboxylic acid groups (broad SMARTS) is 1. The number of nitrogens with one attached hydrogen (secondary N) is 1. The molecule has 2 rings (SSSR count). The highest BCUT2D eigenvalue weighted by Gasteiger charge is 2.29. The topological polar surface area (TPSA) is 95.7 Å². The van der Waals surface area contributed by atoms with Crippen LogP contribution >= 0.6 is 0 Å². The third-order valence-corrected chi connectivity index (χ3v) is 3.09. The molecule has 6 heteroatoms. The van der Waals surface area contributed by atoms with Crippen molar-refractivity contribution in [3.8, 4) is 0 Å². The number of rotatable bonds is 3. The second-order valence-corrected chi connectivity index (χ2v) is 4.32. The van der Waals surface area contributed by atoms with E-state index in [9.17, 15) is 9.59 Å². The first-order valence-corrected chi connectivity index (χ1v) is 5.64. The predicted octanol–water partition coefficient (Wildman–Crippen LogP) is 0.610. The van der Waals surface area contributed by atoms with Crippen LogP contribution in [0.4, 0.5) is 11.4 Å². The van der Waals surface area contributed by atoms with E-state index in [4.69, 9.17) is 10.8 Å². The Bertz CT molecular complexity index is 501. The maximum atomic E-state index is 11.7. The Balaban J connectivity index is 2.22. The fraction of sp³-hybridized carbons (Fsp3) is 0.333. The smallest absolute Gasteiger partial charge is 0.337 e. The minimum atomic E-state index is -1.08. The van der Waals surface area contributed by atoms with Gasteiger partial charge >= 0.3 is 5.97 Å². The Labute approximate surface area is 104 Å². The van der Waals surface area contributed by atoms with Crippen LogP contribution in [0.25, 0.3) is 0 Å². The molecule has 0 bridgehead atoms. The Morgan fingerprint density at radius 2 is 2.28 bits per heavy atom. The minimum Gasteiger partial charge on any atom is -0.478 e. The summed E-state index contributed by atoms with van der Waals surface area (Å²) in [5.74, 6) is -1.08. The highest BCUT2D eigenvalue weighted by Crippen LogP contribution is 2.25. The molecule has 1 aliphatic heterocycles. The van der Waals surface area contributed by atoms with Gasteiger partial charge in [0.15, 0.2) is 0 Å². The molecule has 1 heterocycles. The Kier molecular flexibility index (Phi) is 3.10. The van der Waals surface area contributed by atoms with E-state index in [-0.39, 0.29) is 23.2 Å². The second-order valence-electron chi connectivity index (χ2n) is 4.32. The van der Waals surface area contributed by atoms with Gasteiger partial charge in [-0.15, -0.1) is 0 Å². The standard InChI is InChI=1S/C12H15N3O3/c1-15-6-5-9(11(15)16)14-8-4-2-3-7(10(8)13)12(17)18/h2-4,9,14H,5-6,13H2,1H3,(H,17,18). The summed E-state index contributed by atoms with van der Waals surface area (Å²) in [6, 6.07) is 4.38. The van der Waals surface area contributed by atoms with E-state index in [0.29, 0.717) is 18.7 Å². The number of aromatic carboxylic acids is 1. The van der Waals surface area contributed by atoms with Crippen LogP contribution in [-0.2, 0) is 4.79 Å². The third kappa shape index (κ3) is 2.09. The molecule has 1 aromatic rings. The van der Waals surface area contributed by atoms with Gasteiger partial charge in [-0.1, -0.05) is 6.07 Å². The van der Waals surface area contributed by atoms with Crippen molar-refractivity contribution in [3.05, 3.63) is 23.8 Å². The number of para-hydroxylation sites is 1. The third-order valence-electron chi connectivity index (χ3n) is 3.09. The molecule has 4 N–H and O–H groups in total. The quantitative estimate of drug-likeness (QED) is 0.682. The number of carbonyl (C=O) groups is 2. The van der Waals surface area contributed by atoms with Crippen LogP contribution < -0.4 is 11.1 Å². The van der Waals surface area contributed by atoms with Crippen molar-refractivity contribution in [3.63, 3.8) is 0 Å². The average Bonchev–Trinajstić information content (AvgIpc) is 2.63. The van der Waals surface area contributed by atoms with Crippen LogP contribution in [0.15, 0.2) is 18.2 Å². The molecule has 1 fully saturated rings. The maximum Gasteiger partial charge on any atom is 0.337 e. The number of benzene rings is 1. The summed E-state index contributed by atoms with van der Waals surface area (Å²) in [7, 11) is 1.74. The zero-order chi connectivity index (χ0) is 13.3. The molecule has 1 atom stereocenters. The lowest BCUT2D eigenvalue weighted by molar-refractivity contribution is -0.127. The van der Waals surface area contributed by atoms with Crippen LogP contribution in [0.2, 0.25) is 0 Å². The highest BCUT2D eigenvalue weighted by atomic mass is 16.4. The molecule has 18 heavy (non-hydrogen) atoms. The van der Waals surface area contributed by atoms with Gasteiger partial charge in [-0.3, -0.25) is 4.79 Å². The van der Waals surface area contributed by atoms with Crippen LogP contribution in [0.1, 0.15) is 16.8 Å². The number of carbonyl (C=O) groups excluding carboxylic acids is 1. The predicted molar refractivity (Wildman–Crippen MR) is 67.5 cm³/mol. The molecular formula is C12H15N3O3. The van der Waals surface area contributed by atoms with Crippen molar-refractivity contribution < 1.29 is 14.7 Å². The number of nitrogen functional groups attached to an aromatic ring is 1. The number of anilines is 2. The number of likely N-dealkylation sites (tertiary alicyclic amines) is 1. The summed E-state index contributed by atoms with van der Waals surface area (Å²) in [6.45, 7) is 0.690. The zero-order valence-corrected chi connectivity index (χ0v) is 10.0. The molecule has 1 amide bonds. The van der Waals surface area contributed by atoms with Gasteiger partial charge in [0.25, 0.3) is 0 Å². The molecule has 0 aliphatic carbocycles. The van der Waals surface area contributed by atoms with Gasteiger partial charge in [0.2, 0.25) is 5.91 Å². The van der Waals surface area contributed by atoms with Crippen molar-refractivity contribution in [1.82, 2.24) is 4.90 Å². The van der Waals surface area contributed by atoms with Gasteiger partial charge < -0.3 is 21.1 Å². The normalized spacial score (nSPS) is 19.1. The number of likely N-dealkylation sites (N-methyl/N-ethyl adjacent to an activating group) is 1. The number of nitrogens with zero attached hydrogens (tertiary/aromatic N) is 1. The number of hydrogen-bond acceptors (Lipinski definition) is 4. The summed E-state index contributed by atoms with van der Waals surface area (Å²) in [5.41, 5.74) is 6.46. The first-order valence-electron chi connectivity index (χ1n) is 5.64. The molecule has 96 valence electrons. The van der Waals surface area contributed by atoms with E-state index in [0.717, 1.165) is 0 Å². The molecule has 0 spiro atoms. The van der Waals surface area contributed by atoms with Crippen molar-refractivity contribution in [2.75, 3.05) is 24.6 Å². The first kappa shape index (κ1) is 12.2. The fourth-order valence-corrected chi connectivity index (χ4v) is 2.02. The van der Waals surface area contributed by atoms with Crippen molar-refractivity contribution in [1.29, 1.82) is 0 Å². The van der Waals surface area contributed by atoms with Crippen LogP contribution in [0, 0.1) is 0 Å². The van der Waals surface area contributed by atoms with E-state index in [2.05, 4.69) is 5.32 Å². The minimum absolute atomic E-state index is 0.00451. The zero-order valence-electron chi connectivity index (χ0n) is 10.0. The molecule has 0 aromatic heterocycles. The lowest BCUT2D eigenvalue weighted by atomic mass is 10.1. The van der Waals surface area contributed by atoms with Gasteiger partial charge in [-0.25, -0.2) is 4.79 Å². The second kappa shape index (κ2) is 4.56. The Morgan fingerprint density at radius 1 is 1.56 bits per heavy atom. The highest BCUT2D eigenvalue weighted by molar-refractivity contribution is 5.98. The van der Waals surface area contributed by atoms with E-state index in [1.54, 1.807) is 24.1 Å². The van der Waals surface area contributed by atoms with Crippen LogP contribution in [0.3, 0.4) is 0 Å². The molecule has 0 saturated carbocycles. The fourth-order valence-electron chi connectivity index (χ4n) is 2.02. The largest absolute Gasteiger partial charge is 0.478 e. The number of nitrogens with two attached hydrogens (primary N) is 1. The van der Waals surface area contributed by atoms with Gasteiger partial charge in [0.1, 0.15) is 6.04 Å². The van der Waals surface area contributed by atoms with Crippen LogP contribution in [0.5, 0.6) is 0 Å². The maximum absolute atomic E-state index is 11.7. The van der Waals surface area contributed by atoms with Crippen molar-refractivity contribution in [2.45, 2.75) is 12.5 Å². The van der Waals surface area contributed by atoms with Gasteiger partial charge in [-0.05, 0) is 18.6 Å². The monoisotopic (exact) mass is 249 g/mol. The summed E-state index contributed by atoms with van der Waals surface area (Å²) < 4.78 is 0. The van der Waals surface area contributed by atoms with Crippen molar-refractivity contribution in [2.24, 2.45) is 0 Å². The number of carboxylic acids is 1. The van der Waals surface area contributed by atoms with E-state index < -0.39 is 5.97 Å². The number of hydrogen-bond donors (Lipinski definition) is 3. The Morgan fingerprint density at radius 3 is 2.83 bits per heavy atom. The summed E-state index contributed by atoms with van der Waals surface area (Å²) in [6.07, 6.45) is 0.687. The average molecular weight is 249 g/mol. The first-order chi connectivity index (χ1) is 8.50. The molecule has 0 radical (unpaired) electrons. The van der Waals surface area contributed by atoms with Gasteiger partial charge in [-0.2, -0.15) is 0 Å². The molecule has 1 unspecified atom stereocenters. The van der Waals surface area contributed by atoms with E-state index >= 15 is 0 Å². The van der Waals surface area contributed by atoms with Gasteiger partial charge in [0.05, 0.1) is 16.9 Å².